The van der Waals surface area contributed by atoms with Crippen molar-refractivity contribution in [1.82, 2.24) is 10.3 Å². The molecule has 1 fully saturated rings. The molecule has 4 atom stereocenters. The zero-order valence-electron chi connectivity index (χ0n) is 11.7. The number of nitrogens with one attached hydrogen (secondary N) is 1. The first-order valence-electron chi connectivity index (χ1n) is 6.92. The molecule has 20 heavy (non-hydrogen) atoms. The topological polar surface area (TPSA) is 79.3 Å². The highest BCUT2D eigenvalue weighted by molar-refractivity contribution is 5.85. The smallest absolute Gasteiger partial charge is 0.307 e. The molecular formula is C15H20N2O3. The lowest BCUT2D eigenvalue weighted by Gasteiger charge is -2.19. The third-order valence-electron chi connectivity index (χ3n) is 4.02. The van der Waals surface area contributed by atoms with Crippen LogP contribution in [0, 0.1) is 17.8 Å². The van der Waals surface area contributed by atoms with Crippen LogP contribution in [0.1, 0.15) is 38.3 Å². The van der Waals surface area contributed by atoms with Crippen LogP contribution >= 0.6 is 0 Å². The Kier molecular flexibility index (Phi) is 4.37. The molecule has 1 saturated carbocycles. The van der Waals surface area contributed by atoms with E-state index in [9.17, 15) is 14.7 Å². The molecule has 1 aliphatic carbocycles. The first-order valence-corrected chi connectivity index (χ1v) is 6.92. The number of carboxylic acid groups (broad SMARTS) is 1. The standard InChI is InChI=1S/C15H20N2O3/c1-9-7-12(13(8-9)15(19)20)14(18)17-10(2)11-3-5-16-6-4-11/h3-6,9-10,12-13H,7-8H2,1-2H3,(H,17,18)(H,19,20)/t9?,10?,12-,13+/m0/s1. The number of nitrogens with zero attached hydrogens (tertiary/aromatic N) is 1. The highest BCUT2D eigenvalue weighted by Gasteiger charge is 2.41. The van der Waals surface area contributed by atoms with Gasteiger partial charge in [-0.05, 0) is 43.4 Å². The highest BCUT2D eigenvalue weighted by Crippen LogP contribution is 2.36. The van der Waals surface area contributed by atoms with Crippen LogP contribution in [0.15, 0.2) is 24.5 Å². The van der Waals surface area contributed by atoms with Crippen LogP contribution in [-0.2, 0) is 9.59 Å². The van der Waals surface area contributed by atoms with Crippen molar-refractivity contribution in [3.63, 3.8) is 0 Å². The maximum atomic E-state index is 12.3. The molecule has 2 N–H and O–H groups in total. The fourth-order valence-corrected chi connectivity index (χ4v) is 2.91. The van der Waals surface area contributed by atoms with E-state index in [1.54, 1.807) is 12.4 Å². The fraction of sp³-hybridized carbons (Fsp3) is 0.533. The molecule has 1 aliphatic rings. The molecule has 0 radical (unpaired) electrons. The molecule has 1 aromatic rings. The van der Waals surface area contributed by atoms with E-state index in [0.717, 1.165) is 5.56 Å². The normalized spacial score (nSPS) is 27.0. The van der Waals surface area contributed by atoms with Crippen molar-refractivity contribution in [3.8, 4) is 0 Å². The Hall–Kier alpha value is -1.91. The van der Waals surface area contributed by atoms with Gasteiger partial charge >= 0.3 is 5.97 Å². The van der Waals surface area contributed by atoms with E-state index in [4.69, 9.17) is 0 Å². The van der Waals surface area contributed by atoms with E-state index in [-0.39, 0.29) is 17.9 Å². The Labute approximate surface area is 118 Å². The van der Waals surface area contributed by atoms with Crippen LogP contribution in [0.2, 0.25) is 0 Å². The van der Waals surface area contributed by atoms with Crippen molar-refractivity contribution < 1.29 is 14.7 Å². The van der Waals surface area contributed by atoms with Gasteiger partial charge in [0.15, 0.2) is 0 Å². The average Bonchev–Trinajstić information content (AvgIpc) is 2.82. The zero-order chi connectivity index (χ0) is 14.7. The van der Waals surface area contributed by atoms with Gasteiger partial charge in [-0.25, -0.2) is 0 Å². The van der Waals surface area contributed by atoms with Crippen LogP contribution in [0.3, 0.4) is 0 Å². The van der Waals surface area contributed by atoms with Crippen molar-refractivity contribution in [3.05, 3.63) is 30.1 Å². The first kappa shape index (κ1) is 14.5. The molecule has 5 nitrogen and oxygen atoms in total. The Bertz CT molecular complexity index is 489. The summed E-state index contributed by atoms with van der Waals surface area (Å²) in [6.07, 6.45) is 4.58. The second-order valence-electron chi connectivity index (χ2n) is 5.64. The van der Waals surface area contributed by atoms with Crippen molar-refractivity contribution in [1.29, 1.82) is 0 Å². The summed E-state index contributed by atoms with van der Waals surface area (Å²) in [5.74, 6) is -1.73. The molecular weight excluding hydrogens is 256 g/mol. The van der Waals surface area contributed by atoms with Gasteiger partial charge in [-0.1, -0.05) is 6.92 Å². The lowest BCUT2D eigenvalue weighted by Crippen LogP contribution is -2.36. The molecule has 108 valence electrons. The number of aliphatic carboxylic acids is 1. The molecule has 0 aromatic carbocycles. The van der Waals surface area contributed by atoms with Crippen molar-refractivity contribution in [2.24, 2.45) is 17.8 Å². The second-order valence-corrected chi connectivity index (χ2v) is 5.64. The lowest BCUT2D eigenvalue weighted by atomic mass is 9.95. The van der Waals surface area contributed by atoms with Gasteiger partial charge in [-0.2, -0.15) is 0 Å². The second kappa shape index (κ2) is 6.03. The molecule has 1 aromatic heterocycles. The molecule has 1 amide bonds. The maximum absolute atomic E-state index is 12.3. The summed E-state index contributed by atoms with van der Waals surface area (Å²) in [4.78, 5) is 27.5. The van der Waals surface area contributed by atoms with E-state index >= 15 is 0 Å². The van der Waals surface area contributed by atoms with Gasteiger partial charge in [-0.3, -0.25) is 14.6 Å². The fourth-order valence-electron chi connectivity index (χ4n) is 2.91. The van der Waals surface area contributed by atoms with E-state index in [1.165, 1.54) is 0 Å². The molecule has 0 spiro atoms. The number of rotatable bonds is 4. The number of aromatic nitrogens is 1. The molecule has 2 rings (SSSR count). The molecule has 1 heterocycles. The van der Waals surface area contributed by atoms with Gasteiger partial charge in [-0.15, -0.1) is 0 Å². The minimum atomic E-state index is -0.869. The van der Waals surface area contributed by atoms with Gasteiger partial charge in [0.1, 0.15) is 0 Å². The summed E-state index contributed by atoms with van der Waals surface area (Å²) in [6.45, 7) is 3.89. The van der Waals surface area contributed by atoms with Crippen molar-refractivity contribution in [2.75, 3.05) is 0 Å². The number of carbonyl (C=O) groups excluding carboxylic acids is 1. The minimum Gasteiger partial charge on any atom is -0.481 e. The minimum absolute atomic E-state index is 0.143. The summed E-state index contributed by atoms with van der Waals surface area (Å²) in [5.41, 5.74) is 0.964. The Balaban J connectivity index is 2.02. The number of carboxylic acids is 1. The molecule has 5 heteroatoms. The quantitative estimate of drug-likeness (QED) is 0.881. The van der Waals surface area contributed by atoms with E-state index < -0.39 is 17.8 Å². The molecule has 2 unspecified atom stereocenters. The summed E-state index contributed by atoms with van der Waals surface area (Å²) in [7, 11) is 0. The first-order chi connectivity index (χ1) is 9.49. The number of hydrogen-bond acceptors (Lipinski definition) is 3. The molecule has 0 saturated heterocycles. The number of pyridine rings is 1. The number of hydrogen-bond donors (Lipinski definition) is 2. The summed E-state index contributed by atoms with van der Waals surface area (Å²) < 4.78 is 0. The summed E-state index contributed by atoms with van der Waals surface area (Å²) >= 11 is 0. The molecule has 0 bridgehead atoms. The average molecular weight is 276 g/mol. The zero-order valence-corrected chi connectivity index (χ0v) is 11.7. The SMILES string of the molecule is CC1C[C@H](C(=O)NC(C)c2ccncc2)[C@H](C(=O)O)C1. The van der Waals surface area contributed by atoms with Crippen LogP contribution in [0.4, 0.5) is 0 Å². The predicted molar refractivity (Wildman–Crippen MR) is 73.8 cm³/mol. The Morgan fingerprint density at radius 2 is 1.90 bits per heavy atom. The van der Waals surface area contributed by atoms with Crippen LogP contribution in [0.5, 0.6) is 0 Å². The van der Waals surface area contributed by atoms with Crippen LogP contribution < -0.4 is 5.32 Å². The Morgan fingerprint density at radius 1 is 1.30 bits per heavy atom. The third kappa shape index (κ3) is 3.15. The van der Waals surface area contributed by atoms with Gasteiger partial charge in [0.2, 0.25) is 5.91 Å². The number of amides is 1. The van der Waals surface area contributed by atoms with Gasteiger partial charge in [0, 0.05) is 12.4 Å². The van der Waals surface area contributed by atoms with E-state index in [1.807, 2.05) is 26.0 Å². The monoisotopic (exact) mass is 276 g/mol. The van der Waals surface area contributed by atoms with Gasteiger partial charge < -0.3 is 10.4 Å². The van der Waals surface area contributed by atoms with E-state index in [0.29, 0.717) is 12.8 Å². The van der Waals surface area contributed by atoms with Gasteiger partial charge in [0.25, 0.3) is 0 Å². The third-order valence-corrected chi connectivity index (χ3v) is 4.02. The summed E-state index contributed by atoms with van der Waals surface area (Å²) in [5, 5.41) is 12.1. The largest absolute Gasteiger partial charge is 0.481 e. The number of carbonyl (C=O) groups is 2. The van der Waals surface area contributed by atoms with Crippen molar-refractivity contribution in [2.45, 2.75) is 32.7 Å². The van der Waals surface area contributed by atoms with Crippen molar-refractivity contribution >= 4 is 11.9 Å². The lowest BCUT2D eigenvalue weighted by molar-refractivity contribution is -0.146. The molecule has 0 aliphatic heterocycles. The Morgan fingerprint density at radius 3 is 2.50 bits per heavy atom. The summed E-state index contributed by atoms with van der Waals surface area (Å²) in [6, 6.07) is 3.55. The van der Waals surface area contributed by atoms with Gasteiger partial charge in [0.05, 0.1) is 17.9 Å². The van der Waals surface area contributed by atoms with E-state index in [2.05, 4.69) is 10.3 Å². The van der Waals surface area contributed by atoms with Crippen LogP contribution in [-0.4, -0.2) is 22.0 Å². The highest BCUT2D eigenvalue weighted by atomic mass is 16.4. The maximum Gasteiger partial charge on any atom is 0.307 e. The predicted octanol–water partition coefficient (Wildman–Crippen LogP) is 2.01. The van der Waals surface area contributed by atoms with Crippen LogP contribution in [0.25, 0.3) is 0 Å².